The number of likely N-dealkylation sites (tertiary alicyclic amines) is 1. The number of aromatic nitrogens is 1. The molecule has 138 valence electrons. The Labute approximate surface area is 159 Å². The third-order valence-electron chi connectivity index (χ3n) is 5.63. The van der Waals surface area contributed by atoms with Gasteiger partial charge < -0.3 is 9.88 Å². The molecule has 4 rings (SSSR count). The standard InChI is InChI=1S/C23H24N2O2/c1-16(26)25-11-9-18(10-12-25)19-7-8-20-21(15-24-22(20)14-19)23(27)13-17-5-3-2-4-6-17/h2-8,14-15,18,24H,9-13H2,1H3. The van der Waals surface area contributed by atoms with Crippen molar-refractivity contribution in [1.82, 2.24) is 9.88 Å². The largest absolute Gasteiger partial charge is 0.360 e. The number of benzene rings is 2. The Hall–Kier alpha value is -2.88. The number of hydrogen-bond acceptors (Lipinski definition) is 2. The summed E-state index contributed by atoms with van der Waals surface area (Å²) in [6.07, 6.45) is 4.23. The minimum Gasteiger partial charge on any atom is -0.360 e. The van der Waals surface area contributed by atoms with E-state index in [0.717, 1.165) is 48.0 Å². The number of aromatic amines is 1. The highest BCUT2D eigenvalue weighted by Gasteiger charge is 2.22. The third kappa shape index (κ3) is 3.65. The maximum Gasteiger partial charge on any atom is 0.219 e. The van der Waals surface area contributed by atoms with E-state index in [4.69, 9.17) is 0 Å². The Kier molecular flexibility index (Phi) is 4.80. The molecule has 27 heavy (non-hydrogen) atoms. The molecule has 0 unspecified atom stereocenters. The number of ketones is 1. The third-order valence-corrected chi connectivity index (χ3v) is 5.63. The summed E-state index contributed by atoms with van der Waals surface area (Å²) in [5.41, 5.74) is 4.09. The molecular weight excluding hydrogens is 336 g/mol. The summed E-state index contributed by atoms with van der Waals surface area (Å²) in [6.45, 7) is 3.28. The van der Waals surface area contributed by atoms with E-state index in [-0.39, 0.29) is 11.7 Å². The second-order valence-corrected chi connectivity index (χ2v) is 7.37. The van der Waals surface area contributed by atoms with Crippen LogP contribution < -0.4 is 0 Å². The molecule has 4 nitrogen and oxygen atoms in total. The first-order valence-electron chi connectivity index (χ1n) is 9.55. The number of piperidine rings is 1. The van der Waals surface area contributed by atoms with Crippen LogP contribution in [0.5, 0.6) is 0 Å². The van der Waals surface area contributed by atoms with Crippen molar-refractivity contribution in [1.29, 1.82) is 0 Å². The first-order chi connectivity index (χ1) is 13.1. The molecule has 1 N–H and O–H groups in total. The molecule has 2 heterocycles. The fraction of sp³-hybridized carbons (Fsp3) is 0.304. The van der Waals surface area contributed by atoms with Crippen molar-refractivity contribution >= 4 is 22.6 Å². The predicted octanol–water partition coefficient (Wildman–Crippen LogP) is 4.32. The van der Waals surface area contributed by atoms with Gasteiger partial charge in [-0.3, -0.25) is 9.59 Å². The molecule has 2 aromatic carbocycles. The number of carbonyl (C=O) groups excluding carboxylic acids is 2. The Morgan fingerprint density at radius 2 is 1.81 bits per heavy atom. The average Bonchev–Trinajstić information content (AvgIpc) is 3.12. The second kappa shape index (κ2) is 7.39. The van der Waals surface area contributed by atoms with Crippen LogP contribution >= 0.6 is 0 Å². The fourth-order valence-corrected chi connectivity index (χ4v) is 4.03. The second-order valence-electron chi connectivity index (χ2n) is 7.37. The zero-order chi connectivity index (χ0) is 18.8. The number of H-pyrrole nitrogens is 1. The van der Waals surface area contributed by atoms with Crippen molar-refractivity contribution < 1.29 is 9.59 Å². The number of carbonyl (C=O) groups is 2. The van der Waals surface area contributed by atoms with E-state index in [1.807, 2.05) is 41.4 Å². The summed E-state index contributed by atoms with van der Waals surface area (Å²) in [6, 6.07) is 16.2. The van der Waals surface area contributed by atoms with E-state index in [9.17, 15) is 9.59 Å². The molecule has 1 aliphatic heterocycles. The van der Waals surface area contributed by atoms with Crippen molar-refractivity contribution in [2.45, 2.75) is 32.1 Å². The van der Waals surface area contributed by atoms with Crippen molar-refractivity contribution in [3.63, 3.8) is 0 Å². The van der Waals surface area contributed by atoms with Gasteiger partial charge in [0.05, 0.1) is 0 Å². The predicted molar refractivity (Wildman–Crippen MR) is 107 cm³/mol. The summed E-state index contributed by atoms with van der Waals surface area (Å²) in [7, 11) is 0. The number of nitrogens with one attached hydrogen (secondary N) is 1. The first kappa shape index (κ1) is 17.5. The van der Waals surface area contributed by atoms with E-state index in [1.54, 1.807) is 6.92 Å². The maximum absolute atomic E-state index is 12.7. The van der Waals surface area contributed by atoms with Gasteiger partial charge in [-0.05, 0) is 36.0 Å². The number of fused-ring (bicyclic) bond motifs is 1. The van der Waals surface area contributed by atoms with Gasteiger partial charge in [0.15, 0.2) is 5.78 Å². The van der Waals surface area contributed by atoms with Crippen LogP contribution in [0, 0.1) is 0 Å². The maximum atomic E-state index is 12.7. The van der Waals surface area contributed by atoms with Gasteiger partial charge in [0.25, 0.3) is 0 Å². The fourth-order valence-electron chi connectivity index (χ4n) is 4.03. The lowest BCUT2D eigenvalue weighted by atomic mass is 9.88. The van der Waals surface area contributed by atoms with Gasteiger partial charge in [-0.15, -0.1) is 0 Å². The van der Waals surface area contributed by atoms with Crippen molar-refractivity contribution in [2.75, 3.05) is 13.1 Å². The van der Waals surface area contributed by atoms with Gasteiger partial charge in [0.1, 0.15) is 0 Å². The summed E-state index contributed by atoms with van der Waals surface area (Å²) >= 11 is 0. The average molecular weight is 360 g/mol. The number of Topliss-reactive ketones (excluding diaryl/α,β-unsaturated/α-hetero) is 1. The molecule has 0 saturated carbocycles. The number of nitrogens with zero attached hydrogens (tertiary/aromatic N) is 1. The molecule has 1 fully saturated rings. The van der Waals surface area contributed by atoms with E-state index in [2.05, 4.69) is 23.2 Å². The quantitative estimate of drug-likeness (QED) is 0.705. The van der Waals surface area contributed by atoms with Crippen molar-refractivity contribution in [3.8, 4) is 0 Å². The Balaban J connectivity index is 1.52. The molecule has 4 heteroatoms. The van der Waals surface area contributed by atoms with E-state index in [1.165, 1.54) is 5.56 Å². The molecule has 0 bridgehead atoms. The van der Waals surface area contributed by atoms with Crippen LogP contribution in [0.1, 0.15) is 47.2 Å². The van der Waals surface area contributed by atoms with Gasteiger partial charge in [-0.1, -0.05) is 42.5 Å². The Morgan fingerprint density at radius 1 is 1.07 bits per heavy atom. The van der Waals surface area contributed by atoms with Crippen molar-refractivity contribution in [2.24, 2.45) is 0 Å². The molecular formula is C23H24N2O2. The highest BCUT2D eigenvalue weighted by molar-refractivity contribution is 6.08. The lowest BCUT2D eigenvalue weighted by Crippen LogP contribution is -2.36. The molecule has 0 radical (unpaired) electrons. The molecule has 0 spiro atoms. The highest BCUT2D eigenvalue weighted by atomic mass is 16.2. The van der Waals surface area contributed by atoms with Gasteiger partial charge >= 0.3 is 0 Å². The molecule has 1 saturated heterocycles. The minimum absolute atomic E-state index is 0.134. The van der Waals surface area contributed by atoms with Crippen LogP contribution in [0.4, 0.5) is 0 Å². The van der Waals surface area contributed by atoms with Crippen LogP contribution in [0.25, 0.3) is 10.9 Å². The summed E-state index contributed by atoms with van der Waals surface area (Å²) < 4.78 is 0. The number of amides is 1. The zero-order valence-corrected chi connectivity index (χ0v) is 15.6. The zero-order valence-electron chi connectivity index (χ0n) is 15.6. The smallest absolute Gasteiger partial charge is 0.219 e. The topological polar surface area (TPSA) is 53.2 Å². The van der Waals surface area contributed by atoms with Crippen molar-refractivity contribution in [3.05, 3.63) is 71.4 Å². The van der Waals surface area contributed by atoms with E-state index >= 15 is 0 Å². The molecule has 1 aliphatic rings. The van der Waals surface area contributed by atoms with Crippen LogP contribution in [0.15, 0.2) is 54.7 Å². The Bertz CT molecular complexity index is 966. The molecule has 3 aromatic rings. The Morgan fingerprint density at radius 3 is 2.52 bits per heavy atom. The molecule has 1 amide bonds. The van der Waals surface area contributed by atoms with E-state index in [0.29, 0.717) is 12.3 Å². The summed E-state index contributed by atoms with van der Waals surface area (Å²) in [5, 5.41) is 0.987. The number of hydrogen-bond donors (Lipinski definition) is 1. The molecule has 1 aromatic heterocycles. The lowest BCUT2D eigenvalue weighted by Gasteiger charge is -2.31. The SMILES string of the molecule is CC(=O)N1CCC(c2ccc3c(C(=O)Cc4ccccc4)c[nH]c3c2)CC1. The number of rotatable bonds is 4. The van der Waals surface area contributed by atoms with E-state index < -0.39 is 0 Å². The van der Waals surface area contributed by atoms with Crippen LogP contribution in [-0.4, -0.2) is 34.7 Å². The lowest BCUT2D eigenvalue weighted by molar-refractivity contribution is -0.129. The summed E-state index contributed by atoms with van der Waals surface area (Å²) in [5.74, 6) is 0.765. The van der Waals surface area contributed by atoms with Crippen LogP contribution in [-0.2, 0) is 11.2 Å². The van der Waals surface area contributed by atoms with Gasteiger partial charge in [0.2, 0.25) is 5.91 Å². The van der Waals surface area contributed by atoms with Crippen LogP contribution in [0.3, 0.4) is 0 Å². The molecule has 0 atom stereocenters. The summed E-state index contributed by atoms with van der Waals surface area (Å²) in [4.78, 5) is 29.4. The van der Waals surface area contributed by atoms with Gasteiger partial charge in [-0.25, -0.2) is 0 Å². The first-order valence-corrected chi connectivity index (χ1v) is 9.55. The van der Waals surface area contributed by atoms with Gasteiger partial charge in [0, 0.05) is 49.1 Å². The van der Waals surface area contributed by atoms with Crippen LogP contribution in [0.2, 0.25) is 0 Å². The monoisotopic (exact) mass is 360 g/mol. The molecule has 0 aliphatic carbocycles. The van der Waals surface area contributed by atoms with Gasteiger partial charge in [-0.2, -0.15) is 0 Å². The minimum atomic E-state index is 0.134. The normalized spacial score (nSPS) is 15.2. The highest BCUT2D eigenvalue weighted by Crippen LogP contribution is 2.31.